The first-order chi connectivity index (χ1) is 17.3. The topological polar surface area (TPSA) is 101 Å². The number of aromatic nitrogens is 1. The lowest BCUT2D eigenvalue weighted by molar-refractivity contribution is -0.387. The molecule has 210 valence electrons. The summed E-state index contributed by atoms with van der Waals surface area (Å²) in [5, 5.41) is 12.3. The molecule has 0 amide bonds. The maximum atomic E-state index is 14.1. The Morgan fingerprint density at radius 1 is 1.08 bits per heavy atom. The minimum atomic E-state index is -2.29. The van der Waals surface area contributed by atoms with Gasteiger partial charge >= 0.3 is 17.2 Å². The van der Waals surface area contributed by atoms with Crippen molar-refractivity contribution in [1.82, 2.24) is 4.57 Å². The maximum Gasteiger partial charge on any atom is 0.339 e. The Morgan fingerprint density at radius 3 is 2.08 bits per heavy atom. The van der Waals surface area contributed by atoms with Crippen LogP contribution in [0.15, 0.2) is 29.1 Å². The molecule has 2 aromatic rings. The predicted molar refractivity (Wildman–Crippen MR) is 154 cm³/mol. The molecule has 0 radical (unpaired) electrons. The number of aryl methyl sites for hydroxylation is 1. The van der Waals surface area contributed by atoms with Crippen LogP contribution in [0.1, 0.15) is 77.6 Å². The van der Waals surface area contributed by atoms with E-state index in [1.54, 1.807) is 13.8 Å². The Morgan fingerprint density at radius 2 is 1.63 bits per heavy atom. The molecule has 0 spiro atoms. The van der Waals surface area contributed by atoms with Gasteiger partial charge in [0.25, 0.3) is 0 Å². The van der Waals surface area contributed by atoms with E-state index < -0.39 is 36.5 Å². The van der Waals surface area contributed by atoms with Gasteiger partial charge in [-0.15, -0.1) is 0 Å². The lowest BCUT2D eigenvalue weighted by atomic mass is 9.87. The summed E-state index contributed by atoms with van der Waals surface area (Å²) in [7, 11) is -2.29. The number of ether oxygens (including phenoxy) is 1. The summed E-state index contributed by atoms with van der Waals surface area (Å²) in [4.78, 5) is 39.1. The van der Waals surface area contributed by atoms with E-state index in [1.165, 1.54) is 4.57 Å². The summed E-state index contributed by atoms with van der Waals surface area (Å²) in [6.07, 6.45) is 0.265. The Bertz CT molecular complexity index is 1230. The summed E-state index contributed by atoms with van der Waals surface area (Å²) >= 11 is 0. The van der Waals surface area contributed by atoms with E-state index in [1.807, 2.05) is 52.0 Å². The molecule has 0 bridgehead atoms. The minimum absolute atomic E-state index is 0.0586. The summed E-state index contributed by atoms with van der Waals surface area (Å²) in [5.41, 5.74) is 1.23. The molecule has 0 aliphatic rings. The number of carbonyl (C=O) groups is 1. The lowest BCUT2D eigenvalue weighted by Crippen LogP contribution is -2.41. The van der Waals surface area contributed by atoms with Gasteiger partial charge < -0.3 is 9.16 Å². The zero-order valence-electron chi connectivity index (χ0n) is 24.9. The lowest BCUT2D eigenvalue weighted by Gasteiger charge is -2.36. The Kier molecular flexibility index (Phi) is 9.54. The molecule has 1 heterocycles. The zero-order chi connectivity index (χ0) is 29.2. The van der Waals surface area contributed by atoms with Gasteiger partial charge in [-0.3, -0.25) is 19.5 Å². The average molecular weight is 545 g/mol. The van der Waals surface area contributed by atoms with Gasteiger partial charge in [-0.2, -0.15) is 0 Å². The molecular weight excluding hydrogens is 500 g/mol. The molecule has 0 aliphatic carbocycles. The molecule has 1 atom stereocenters. The standard InChI is InChI=1S/C29H44N2O6Si/c1-12-36-27(33)23(17-28(4,5)6)30-24(21-15-13-19(2)14-16-21)20(3)22(25(26(30)32)31(34)35)18-37-38(10,11)29(7,8)9/h13-16,23H,12,17-18H2,1-11H3. The Balaban J connectivity index is 3.00. The quantitative estimate of drug-likeness (QED) is 0.144. The number of pyridine rings is 1. The number of nitrogens with zero attached hydrogens (tertiary/aromatic N) is 2. The highest BCUT2D eigenvalue weighted by molar-refractivity contribution is 6.74. The number of rotatable bonds is 9. The normalized spacial score (nSPS) is 13.3. The molecular formula is C29H44N2O6Si. The minimum Gasteiger partial charge on any atom is -0.464 e. The van der Waals surface area contributed by atoms with Crippen LogP contribution >= 0.6 is 0 Å². The zero-order valence-corrected chi connectivity index (χ0v) is 25.9. The van der Waals surface area contributed by atoms with Crippen molar-refractivity contribution < 1.29 is 18.9 Å². The summed E-state index contributed by atoms with van der Waals surface area (Å²) < 4.78 is 13.0. The second-order valence-corrected chi connectivity index (χ2v) is 17.5. The third kappa shape index (κ3) is 6.99. The fourth-order valence-corrected chi connectivity index (χ4v) is 5.08. The molecule has 1 aromatic heterocycles. The number of nitro groups is 1. The Hall–Kier alpha value is -2.78. The van der Waals surface area contributed by atoms with E-state index in [2.05, 4.69) is 33.9 Å². The fourth-order valence-electron chi connectivity index (χ4n) is 4.14. The molecule has 1 unspecified atom stereocenters. The molecule has 0 aliphatic heterocycles. The molecule has 9 heteroatoms. The third-order valence-electron chi connectivity index (χ3n) is 7.32. The third-order valence-corrected chi connectivity index (χ3v) is 11.8. The average Bonchev–Trinajstić information content (AvgIpc) is 2.77. The van der Waals surface area contributed by atoms with Gasteiger partial charge in [0, 0.05) is 0 Å². The fraction of sp³-hybridized carbons (Fsp3) is 0.586. The van der Waals surface area contributed by atoms with Crippen LogP contribution in [-0.4, -0.2) is 30.4 Å². The summed E-state index contributed by atoms with van der Waals surface area (Å²) in [6.45, 7) is 21.8. The maximum absolute atomic E-state index is 14.1. The molecule has 0 fully saturated rings. The van der Waals surface area contributed by atoms with Gasteiger partial charge in [0.15, 0.2) is 8.32 Å². The van der Waals surface area contributed by atoms with E-state index in [-0.39, 0.29) is 35.7 Å². The first kappa shape index (κ1) is 31.4. The first-order valence-electron chi connectivity index (χ1n) is 13.1. The highest BCUT2D eigenvalue weighted by Crippen LogP contribution is 2.39. The summed E-state index contributed by atoms with van der Waals surface area (Å²) in [6, 6.07) is 6.54. The highest BCUT2D eigenvalue weighted by Gasteiger charge is 2.40. The van der Waals surface area contributed by atoms with Crippen molar-refractivity contribution in [2.24, 2.45) is 5.41 Å². The molecule has 0 N–H and O–H groups in total. The first-order valence-corrected chi connectivity index (χ1v) is 16.0. The van der Waals surface area contributed by atoms with E-state index in [9.17, 15) is 19.7 Å². The molecule has 0 saturated carbocycles. The largest absolute Gasteiger partial charge is 0.464 e. The smallest absolute Gasteiger partial charge is 0.339 e. The molecule has 38 heavy (non-hydrogen) atoms. The van der Waals surface area contributed by atoms with Crippen molar-refractivity contribution in [2.45, 2.75) is 99.5 Å². The van der Waals surface area contributed by atoms with E-state index in [0.717, 1.165) is 5.56 Å². The van der Waals surface area contributed by atoms with Crippen LogP contribution in [0.2, 0.25) is 18.1 Å². The van der Waals surface area contributed by atoms with Gasteiger partial charge in [0.05, 0.1) is 29.4 Å². The molecule has 0 saturated heterocycles. The van der Waals surface area contributed by atoms with Crippen LogP contribution in [0, 0.1) is 29.4 Å². The van der Waals surface area contributed by atoms with Crippen molar-refractivity contribution in [3.05, 3.63) is 61.4 Å². The number of carbonyl (C=O) groups excluding carboxylic acids is 1. The van der Waals surface area contributed by atoms with E-state index >= 15 is 0 Å². The molecule has 2 rings (SSSR count). The number of benzene rings is 1. The van der Waals surface area contributed by atoms with Gasteiger partial charge in [-0.1, -0.05) is 71.4 Å². The monoisotopic (exact) mass is 544 g/mol. The van der Waals surface area contributed by atoms with Crippen molar-refractivity contribution in [1.29, 1.82) is 0 Å². The van der Waals surface area contributed by atoms with Crippen molar-refractivity contribution in [2.75, 3.05) is 6.61 Å². The predicted octanol–water partition coefficient (Wildman–Crippen LogP) is 7.10. The van der Waals surface area contributed by atoms with Crippen LogP contribution < -0.4 is 5.56 Å². The van der Waals surface area contributed by atoms with E-state index in [4.69, 9.17) is 9.16 Å². The van der Waals surface area contributed by atoms with Crippen LogP contribution in [0.5, 0.6) is 0 Å². The molecule has 8 nitrogen and oxygen atoms in total. The van der Waals surface area contributed by atoms with Crippen molar-refractivity contribution in [3.8, 4) is 11.3 Å². The second-order valence-electron chi connectivity index (χ2n) is 12.7. The van der Waals surface area contributed by atoms with Gasteiger partial charge in [0.1, 0.15) is 6.04 Å². The van der Waals surface area contributed by atoms with Gasteiger partial charge in [0.2, 0.25) is 0 Å². The van der Waals surface area contributed by atoms with Crippen molar-refractivity contribution in [3.63, 3.8) is 0 Å². The second kappa shape index (κ2) is 11.5. The van der Waals surface area contributed by atoms with Crippen molar-refractivity contribution >= 4 is 20.0 Å². The van der Waals surface area contributed by atoms with Crippen LogP contribution in [0.25, 0.3) is 11.3 Å². The van der Waals surface area contributed by atoms with Crippen LogP contribution in [0.4, 0.5) is 5.69 Å². The Labute approximate surface area is 227 Å². The number of hydrogen-bond donors (Lipinski definition) is 0. The molecule has 1 aromatic carbocycles. The highest BCUT2D eigenvalue weighted by atomic mass is 28.4. The van der Waals surface area contributed by atoms with Gasteiger partial charge in [-0.25, -0.2) is 4.79 Å². The van der Waals surface area contributed by atoms with Crippen LogP contribution in [-0.2, 0) is 20.6 Å². The number of hydrogen-bond acceptors (Lipinski definition) is 6. The van der Waals surface area contributed by atoms with E-state index in [0.29, 0.717) is 16.8 Å². The van der Waals surface area contributed by atoms with Crippen LogP contribution in [0.3, 0.4) is 0 Å². The SMILES string of the molecule is CCOC(=O)C(CC(C)(C)C)n1c(-c2ccc(C)cc2)c(C)c(CO[Si](C)(C)C(C)(C)C)c([N+](=O)[O-])c1=O. The summed E-state index contributed by atoms with van der Waals surface area (Å²) in [5.74, 6) is -0.586. The number of esters is 1. The van der Waals surface area contributed by atoms with Gasteiger partial charge in [-0.05, 0) is 61.9 Å².